The van der Waals surface area contributed by atoms with Crippen LogP contribution in [0.15, 0.2) is 55.1 Å². The highest BCUT2D eigenvalue weighted by molar-refractivity contribution is 5.63. The molecule has 0 fully saturated rings. The highest BCUT2D eigenvalue weighted by Crippen LogP contribution is 2.25. The van der Waals surface area contributed by atoms with Crippen LogP contribution < -0.4 is 15.4 Å². The summed E-state index contributed by atoms with van der Waals surface area (Å²) in [6.07, 6.45) is 7.35. The molecule has 0 amide bonds. The topological polar surface area (TPSA) is 75.2 Å². The summed E-state index contributed by atoms with van der Waals surface area (Å²) in [6, 6.07) is 9.92. The molecule has 0 bridgehead atoms. The minimum atomic E-state index is 0.589. The quantitative estimate of drug-likeness (QED) is 0.722. The third kappa shape index (κ3) is 4.32. The number of rotatable bonds is 5. The zero-order valence-corrected chi connectivity index (χ0v) is 15.2. The summed E-state index contributed by atoms with van der Waals surface area (Å²) >= 11 is 0. The fraction of sp³-hybridized carbons (Fsp3) is 0.250. The molecule has 0 atom stereocenters. The molecule has 3 aromatic heterocycles. The van der Waals surface area contributed by atoms with E-state index in [-0.39, 0.29) is 0 Å². The summed E-state index contributed by atoms with van der Waals surface area (Å²) in [5, 5.41) is 6.80. The van der Waals surface area contributed by atoms with Crippen molar-refractivity contribution in [2.45, 2.75) is 13.1 Å². The van der Waals surface area contributed by atoms with Crippen LogP contribution in [0.4, 0.5) is 17.2 Å². The van der Waals surface area contributed by atoms with E-state index < -0.39 is 0 Å². The van der Waals surface area contributed by atoms with Gasteiger partial charge in [0.15, 0.2) is 0 Å². The van der Waals surface area contributed by atoms with Crippen molar-refractivity contribution in [1.82, 2.24) is 19.9 Å². The molecule has 4 rings (SSSR count). The standard InChI is InChI=1S/C20H22N6O/c1-27-20-3-2-17(12-24-20)25-19-10-18-16(11-23-19)14-26(9-8-22-18)13-15-4-6-21-7-5-15/h2-7,10-12,22H,8-9,13-14H2,1H3,(H,23,25). The first-order chi connectivity index (χ1) is 13.3. The van der Waals surface area contributed by atoms with Crippen LogP contribution in [-0.4, -0.2) is 40.1 Å². The molecule has 138 valence electrons. The monoisotopic (exact) mass is 362 g/mol. The summed E-state index contributed by atoms with van der Waals surface area (Å²) in [5.41, 5.74) is 4.45. The van der Waals surface area contributed by atoms with Gasteiger partial charge in [0, 0.05) is 68.2 Å². The smallest absolute Gasteiger partial charge is 0.213 e. The first-order valence-corrected chi connectivity index (χ1v) is 8.91. The van der Waals surface area contributed by atoms with Crippen molar-refractivity contribution in [2.75, 3.05) is 30.8 Å². The lowest BCUT2D eigenvalue weighted by atomic mass is 10.2. The number of fused-ring (bicyclic) bond motifs is 1. The van der Waals surface area contributed by atoms with E-state index in [1.165, 1.54) is 11.1 Å². The normalized spacial score (nSPS) is 14.0. The fourth-order valence-electron chi connectivity index (χ4n) is 3.12. The Morgan fingerprint density at radius 1 is 1.15 bits per heavy atom. The summed E-state index contributed by atoms with van der Waals surface area (Å²) in [4.78, 5) is 15.3. The Kier molecular flexibility index (Phi) is 5.11. The third-order valence-corrected chi connectivity index (χ3v) is 4.50. The van der Waals surface area contributed by atoms with Gasteiger partial charge < -0.3 is 15.4 Å². The van der Waals surface area contributed by atoms with Crippen LogP contribution >= 0.6 is 0 Å². The Labute approximate surface area is 158 Å². The van der Waals surface area contributed by atoms with Crippen molar-refractivity contribution in [3.8, 4) is 5.88 Å². The van der Waals surface area contributed by atoms with Gasteiger partial charge in [0.2, 0.25) is 5.88 Å². The number of hydrogen-bond donors (Lipinski definition) is 2. The van der Waals surface area contributed by atoms with E-state index in [1.54, 1.807) is 13.3 Å². The van der Waals surface area contributed by atoms with Crippen molar-refractivity contribution < 1.29 is 4.74 Å². The molecule has 0 radical (unpaired) electrons. The summed E-state index contributed by atoms with van der Waals surface area (Å²) < 4.78 is 5.09. The van der Waals surface area contributed by atoms with E-state index in [9.17, 15) is 0 Å². The van der Waals surface area contributed by atoms with Crippen LogP contribution in [0.25, 0.3) is 0 Å². The molecule has 3 aromatic rings. The van der Waals surface area contributed by atoms with Gasteiger partial charge in [-0.05, 0) is 23.8 Å². The lowest BCUT2D eigenvalue weighted by molar-refractivity contribution is 0.271. The lowest BCUT2D eigenvalue weighted by Gasteiger charge is -2.19. The van der Waals surface area contributed by atoms with Gasteiger partial charge in [0.05, 0.1) is 19.0 Å². The van der Waals surface area contributed by atoms with Gasteiger partial charge >= 0.3 is 0 Å². The first-order valence-electron chi connectivity index (χ1n) is 8.91. The second kappa shape index (κ2) is 8.01. The van der Waals surface area contributed by atoms with Gasteiger partial charge in [-0.2, -0.15) is 0 Å². The van der Waals surface area contributed by atoms with Gasteiger partial charge in [-0.1, -0.05) is 0 Å². The number of methoxy groups -OCH3 is 1. The van der Waals surface area contributed by atoms with Crippen LogP contribution in [0, 0.1) is 0 Å². The first kappa shape index (κ1) is 17.2. The molecular weight excluding hydrogens is 340 g/mol. The summed E-state index contributed by atoms with van der Waals surface area (Å²) in [7, 11) is 1.60. The Morgan fingerprint density at radius 3 is 2.81 bits per heavy atom. The molecule has 2 N–H and O–H groups in total. The van der Waals surface area contributed by atoms with Crippen LogP contribution in [0.2, 0.25) is 0 Å². The second-order valence-corrected chi connectivity index (χ2v) is 6.43. The number of nitrogens with one attached hydrogen (secondary N) is 2. The third-order valence-electron chi connectivity index (χ3n) is 4.50. The lowest BCUT2D eigenvalue weighted by Crippen LogP contribution is -2.25. The van der Waals surface area contributed by atoms with Gasteiger partial charge in [-0.25, -0.2) is 9.97 Å². The molecule has 4 heterocycles. The predicted octanol–water partition coefficient (Wildman–Crippen LogP) is 3.05. The van der Waals surface area contributed by atoms with Gasteiger partial charge in [0.1, 0.15) is 5.82 Å². The van der Waals surface area contributed by atoms with E-state index in [1.807, 2.05) is 30.7 Å². The Balaban J connectivity index is 1.46. The molecule has 0 aliphatic carbocycles. The maximum absolute atomic E-state index is 5.09. The number of ether oxygens (including phenoxy) is 1. The number of pyridine rings is 3. The zero-order chi connectivity index (χ0) is 18.5. The molecule has 0 aromatic carbocycles. The molecule has 1 aliphatic rings. The number of anilines is 3. The van der Waals surface area contributed by atoms with Crippen LogP contribution in [0.1, 0.15) is 11.1 Å². The van der Waals surface area contributed by atoms with Gasteiger partial charge in [-0.15, -0.1) is 0 Å². The average Bonchev–Trinajstić information content (AvgIpc) is 2.91. The SMILES string of the molecule is COc1ccc(Nc2cc3c(cn2)CN(Cc2ccncc2)CCN3)cn1. The van der Waals surface area contributed by atoms with Gasteiger partial charge in [-0.3, -0.25) is 9.88 Å². The largest absolute Gasteiger partial charge is 0.481 e. The molecular formula is C20H22N6O. The zero-order valence-electron chi connectivity index (χ0n) is 15.2. The van der Waals surface area contributed by atoms with Crippen molar-refractivity contribution in [3.05, 3.63) is 66.2 Å². The van der Waals surface area contributed by atoms with Crippen LogP contribution in [0.3, 0.4) is 0 Å². The van der Waals surface area contributed by atoms with Crippen molar-refractivity contribution in [1.29, 1.82) is 0 Å². The van der Waals surface area contributed by atoms with E-state index in [0.717, 1.165) is 43.4 Å². The number of hydrogen-bond acceptors (Lipinski definition) is 7. The fourth-order valence-corrected chi connectivity index (χ4v) is 3.12. The van der Waals surface area contributed by atoms with Crippen LogP contribution in [0.5, 0.6) is 5.88 Å². The van der Waals surface area contributed by atoms with Crippen molar-refractivity contribution in [2.24, 2.45) is 0 Å². The number of aromatic nitrogens is 3. The highest BCUT2D eigenvalue weighted by Gasteiger charge is 2.15. The Bertz CT molecular complexity index is 885. The highest BCUT2D eigenvalue weighted by atomic mass is 16.5. The molecule has 1 aliphatic heterocycles. The maximum atomic E-state index is 5.09. The molecule has 0 unspecified atom stereocenters. The molecule has 0 saturated heterocycles. The Morgan fingerprint density at radius 2 is 2.04 bits per heavy atom. The van der Waals surface area contributed by atoms with E-state index in [2.05, 4.69) is 48.7 Å². The predicted molar refractivity (Wildman–Crippen MR) is 105 cm³/mol. The molecule has 27 heavy (non-hydrogen) atoms. The molecule has 7 heteroatoms. The molecule has 7 nitrogen and oxygen atoms in total. The summed E-state index contributed by atoms with van der Waals surface area (Å²) in [5.74, 6) is 1.38. The Hall–Kier alpha value is -3.19. The van der Waals surface area contributed by atoms with E-state index in [0.29, 0.717) is 5.88 Å². The average molecular weight is 362 g/mol. The minimum absolute atomic E-state index is 0.589. The van der Waals surface area contributed by atoms with E-state index in [4.69, 9.17) is 4.74 Å². The minimum Gasteiger partial charge on any atom is -0.481 e. The number of nitrogens with zero attached hydrogens (tertiary/aromatic N) is 4. The maximum Gasteiger partial charge on any atom is 0.213 e. The van der Waals surface area contributed by atoms with Crippen molar-refractivity contribution in [3.63, 3.8) is 0 Å². The molecule has 0 spiro atoms. The molecule has 0 saturated carbocycles. The second-order valence-electron chi connectivity index (χ2n) is 6.43. The summed E-state index contributed by atoms with van der Waals surface area (Å²) in [6.45, 7) is 3.64. The van der Waals surface area contributed by atoms with Crippen LogP contribution in [-0.2, 0) is 13.1 Å². The van der Waals surface area contributed by atoms with Crippen molar-refractivity contribution >= 4 is 17.2 Å². The van der Waals surface area contributed by atoms with Gasteiger partial charge in [0.25, 0.3) is 0 Å². The van der Waals surface area contributed by atoms with E-state index >= 15 is 0 Å².